The van der Waals surface area contributed by atoms with Gasteiger partial charge in [0.25, 0.3) is 0 Å². The fourth-order valence-corrected chi connectivity index (χ4v) is 1.47. The van der Waals surface area contributed by atoms with Crippen LogP contribution in [0.2, 0.25) is 0 Å². The minimum absolute atomic E-state index is 0.0582. The summed E-state index contributed by atoms with van der Waals surface area (Å²) in [5, 5.41) is 0. The van der Waals surface area contributed by atoms with Crippen LogP contribution in [0.5, 0.6) is 11.6 Å². The molecule has 0 fully saturated rings. The number of nitrogens with zero attached hydrogens (tertiary/aromatic N) is 2. The fourth-order valence-electron chi connectivity index (χ4n) is 1.13. The lowest BCUT2D eigenvalue weighted by Gasteiger charge is -2.06. The van der Waals surface area contributed by atoms with E-state index >= 15 is 0 Å². The first-order chi connectivity index (χ1) is 8.19. The topological polar surface area (TPSA) is 73.1 Å². The largest absolute Gasteiger partial charge is 0.434 e. The highest BCUT2D eigenvalue weighted by Crippen LogP contribution is 2.26. The van der Waals surface area contributed by atoms with Gasteiger partial charge in [0.1, 0.15) is 0 Å². The van der Waals surface area contributed by atoms with Crippen LogP contribution >= 0.6 is 15.9 Å². The highest BCUT2D eigenvalue weighted by atomic mass is 79.9. The molecule has 7 heteroatoms. The van der Waals surface area contributed by atoms with Gasteiger partial charge < -0.3 is 10.2 Å². The molecule has 1 aromatic heterocycles. The number of nitrogen functional groups attached to an aromatic ring is 1. The van der Waals surface area contributed by atoms with Gasteiger partial charge in [-0.15, -0.1) is 0 Å². The summed E-state index contributed by atoms with van der Waals surface area (Å²) in [5.41, 5.74) is 2.32. The van der Waals surface area contributed by atoms with Crippen molar-refractivity contribution in [2.45, 2.75) is 0 Å². The third-order valence-electron chi connectivity index (χ3n) is 1.87. The second kappa shape index (κ2) is 5.07. The maximum absolute atomic E-state index is 13.4. The number of nitrogens with one attached hydrogen (secondary N) is 1. The lowest BCUT2D eigenvalue weighted by molar-refractivity contribution is 0.425. The Morgan fingerprint density at radius 3 is 2.94 bits per heavy atom. The summed E-state index contributed by atoms with van der Waals surface area (Å²) >= 11 is 3.22. The Morgan fingerprint density at radius 1 is 1.35 bits per heavy atom. The van der Waals surface area contributed by atoms with Crippen LogP contribution in [0.1, 0.15) is 0 Å². The number of nitrogens with two attached hydrogens (primary N) is 1. The van der Waals surface area contributed by atoms with E-state index < -0.39 is 5.82 Å². The van der Waals surface area contributed by atoms with Crippen LogP contribution in [-0.2, 0) is 0 Å². The normalized spacial score (nSPS) is 10.1. The van der Waals surface area contributed by atoms with Crippen LogP contribution in [0.4, 0.5) is 10.2 Å². The summed E-state index contributed by atoms with van der Waals surface area (Å²) in [4.78, 5) is 7.79. The number of benzene rings is 1. The Bertz CT molecular complexity index is 537. The number of ether oxygens (including phenoxy) is 1. The van der Waals surface area contributed by atoms with Crippen molar-refractivity contribution in [2.24, 2.45) is 5.84 Å². The van der Waals surface area contributed by atoms with Crippen molar-refractivity contribution >= 4 is 21.7 Å². The molecule has 0 aliphatic heterocycles. The smallest absolute Gasteiger partial charge is 0.240 e. The van der Waals surface area contributed by atoms with Crippen molar-refractivity contribution < 1.29 is 9.13 Å². The van der Waals surface area contributed by atoms with Crippen molar-refractivity contribution in [1.82, 2.24) is 9.97 Å². The van der Waals surface area contributed by atoms with Gasteiger partial charge in [-0.2, -0.15) is 4.98 Å². The number of anilines is 1. The zero-order chi connectivity index (χ0) is 12.3. The average Bonchev–Trinajstić information content (AvgIpc) is 2.34. The molecule has 3 N–H and O–H groups in total. The Morgan fingerprint density at radius 2 is 2.18 bits per heavy atom. The number of halogens is 2. The molecule has 88 valence electrons. The SMILES string of the molecule is NNc1cncc(Oc2cc(Br)ccc2F)n1. The van der Waals surface area contributed by atoms with Gasteiger partial charge in [-0.3, -0.25) is 4.98 Å². The van der Waals surface area contributed by atoms with E-state index in [1.165, 1.54) is 24.5 Å². The maximum atomic E-state index is 13.4. The van der Waals surface area contributed by atoms with Crippen molar-refractivity contribution in [3.05, 3.63) is 40.9 Å². The second-order valence-corrected chi connectivity index (χ2v) is 3.98. The van der Waals surface area contributed by atoms with Crippen LogP contribution in [0.25, 0.3) is 0 Å². The number of rotatable bonds is 3. The van der Waals surface area contributed by atoms with Gasteiger partial charge in [-0.25, -0.2) is 10.2 Å². The molecule has 5 nitrogen and oxygen atoms in total. The van der Waals surface area contributed by atoms with E-state index in [2.05, 4.69) is 31.3 Å². The second-order valence-electron chi connectivity index (χ2n) is 3.06. The molecular weight excluding hydrogens is 291 g/mol. The molecule has 0 bridgehead atoms. The lowest BCUT2D eigenvalue weighted by Crippen LogP contribution is -2.09. The van der Waals surface area contributed by atoms with Crippen molar-refractivity contribution in [2.75, 3.05) is 5.43 Å². The third-order valence-corrected chi connectivity index (χ3v) is 2.36. The predicted molar refractivity (Wildman–Crippen MR) is 64.0 cm³/mol. The summed E-state index contributed by atoms with van der Waals surface area (Å²) in [6.45, 7) is 0. The van der Waals surface area contributed by atoms with E-state index in [1.807, 2.05) is 0 Å². The molecule has 2 aromatic rings. The highest BCUT2D eigenvalue weighted by molar-refractivity contribution is 9.10. The molecule has 17 heavy (non-hydrogen) atoms. The molecule has 0 spiro atoms. The first-order valence-corrected chi connectivity index (χ1v) is 5.40. The van der Waals surface area contributed by atoms with Gasteiger partial charge in [0.15, 0.2) is 17.4 Å². The lowest BCUT2D eigenvalue weighted by atomic mass is 10.3. The monoisotopic (exact) mass is 298 g/mol. The van der Waals surface area contributed by atoms with E-state index in [9.17, 15) is 4.39 Å². The molecule has 0 saturated carbocycles. The van der Waals surface area contributed by atoms with E-state index in [4.69, 9.17) is 10.6 Å². The number of aromatic nitrogens is 2. The Balaban J connectivity index is 2.27. The third kappa shape index (κ3) is 2.89. The Hall–Kier alpha value is -1.73. The minimum Gasteiger partial charge on any atom is -0.434 e. The zero-order valence-electron chi connectivity index (χ0n) is 8.52. The van der Waals surface area contributed by atoms with Gasteiger partial charge in [-0.05, 0) is 18.2 Å². The zero-order valence-corrected chi connectivity index (χ0v) is 10.1. The standard InChI is InChI=1S/C10H8BrFN4O/c11-6-1-2-7(12)8(3-6)17-10-5-14-4-9(15-10)16-13/h1-5H,13H2,(H,15,16). The van der Waals surface area contributed by atoms with Gasteiger partial charge in [0.05, 0.1) is 12.4 Å². The molecule has 1 heterocycles. The van der Waals surface area contributed by atoms with Crippen LogP contribution in [-0.4, -0.2) is 9.97 Å². The molecule has 0 aliphatic carbocycles. The average molecular weight is 299 g/mol. The van der Waals surface area contributed by atoms with Crippen molar-refractivity contribution in [1.29, 1.82) is 0 Å². The van der Waals surface area contributed by atoms with Gasteiger partial charge in [-0.1, -0.05) is 15.9 Å². The van der Waals surface area contributed by atoms with Crippen LogP contribution in [0.15, 0.2) is 35.1 Å². The molecule has 0 radical (unpaired) electrons. The molecule has 0 unspecified atom stereocenters. The highest BCUT2D eigenvalue weighted by Gasteiger charge is 2.07. The first kappa shape index (κ1) is 11.7. The van der Waals surface area contributed by atoms with E-state index in [1.54, 1.807) is 6.07 Å². The fraction of sp³-hybridized carbons (Fsp3) is 0. The van der Waals surface area contributed by atoms with Gasteiger partial charge >= 0.3 is 0 Å². The van der Waals surface area contributed by atoms with Gasteiger partial charge in [0, 0.05) is 4.47 Å². The predicted octanol–water partition coefficient (Wildman–Crippen LogP) is 2.46. The Labute approximate surface area is 105 Å². The van der Waals surface area contributed by atoms with Crippen molar-refractivity contribution in [3.8, 4) is 11.6 Å². The molecule has 1 aromatic carbocycles. The molecule has 0 aliphatic rings. The number of hydrogen-bond donors (Lipinski definition) is 2. The molecule has 2 rings (SSSR count). The molecule has 0 atom stereocenters. The summed E-state index contributed by atoms with van der Waals surface area (Å²) in [6, 6.07) is 4.36. The summed E-state index contributed by atoms with van der Waals surface area (Å²) in [7, 11) is 0. The van der Waals surface area contributed by atoms with Crippen LogP contribution in [0, 0.1) is 5.82 Å². The number of hydrazine groups is 1. The van der Waals surface area contributed by atoms with E-state index in [0.29, 0.717) is 10.3 Å². The molecule has 0 amide bonds. The summed E-state index contributed by atoms with van der Waals surface area (Å²) in [6.07, 6.45) is 2.78. The van der Waals surface area contributed by atoms with Crippen LogP contribution in [0.3, 0.4) is 0 Å². The van der Waals surface area contributed by atoms with Crippen LogP contribution < -0.4 is 16.0 Å². The number of hydrogen-bond acceptors (Lipinski definition) is 5. The van der Waals surface area contributed by atoms with Gasteiger partial charge in [0.2, 0.25) is 5.88 Å². The van der Waals surface area contributed by atoms with E-state index in [0.717, 1.165) is 0 Å². The summed E-state index contributed by atoms with van der Waals surface area (Å²) in [5.74, 6) is 5.23. The Kier molecular flexibility index (Phi) is 3.50. The molecule has 0 saturated heterocycles. The summed E-state index contributed by atoms with van der Waals surface area (Å²) < 4.78 is 19.4. The van der Waals surface area contributed by atoms with E-state index in [-0.39, 0.29) is 11.6 Å². The van der Waals surface area contributed by atoms with Crippen molar-refractivity contribution in [3.63, 3.8) is 0 Å². The first-order valence-electron chi connectivity index (χ1n) is 4.60. The quantitative estimate of drug-likeness (QED) is 0.673. The minimum atomic E-state index is -0.485. The molecular formula is C10H8BrFN4O. The maximum Gasteiger partial charge on any atom is 0.240 e.